The number of hydrogen-bond donors (Lipinski definition) is 3. The van der Waals surface area contributed by atoms with E-state index >= 15 is 0 Å². The smallest absolute Gasteiger partial charge is 0.336 e. The second-order valence-corrected chi connectivity index (χ2v) is 4.34. The second-order valence-electron chi connectivity index (χ2n) is 4.34. The summed E-state index contributed by atoms with van der Waals surface area (Å²) in [4.78, 5) is 23.0. The lowest BCUT2D eigenvalue weighted by atomic mass is 10.1. The number of anilines is 1. The molecule has 1 fully saturated rings. The molecule has 1 heterocycles. The third-order valence-electron chi connectivity index (χ3n) is 3.04. The maximum absolute atomic E-state index is 12.0. The molecule has 1 saturated heterocycles. The van der Waals surface area contributed by atoms with Crippen molar-refractivity contribution >= 4 is 17.6 Å². The van der Waals surface area contributed by atoms with E-state index in [2.05, 4.69) is 10.6 Å². The highest BCUT2D eigenvalue weighted by molar-refractivity contribution is 5.98. The Bertz CT molecular complexity index is 495. The van der Waals surface area contributed by atoms with Crippen molar-refractivity contribution in [2.24, 2.45) is 0 Å². The van der Waals surface area contributed by atoms with Crippen LogP contribution in [0.2, 0.25) is 0 Å². The number of carbonyl (C=O) groups excluding carboxylic acids is 1. The molecule has 2 rings (SSSR count). The molecule has 0 saturated carbocycles. The quantitative estimate of drug-likeness (QED) is 0.745. The van der Waals surface area contributed by atoms with E-state index in [1.807, 2.05) is 0 Å². The van der Waals surface area contributed by atoms with Gasteiger partial charge in [0.05, 0.1) is 12.2 Å². The van der Waals surface area contributed by atoms with E-state index in [1.54, 1.807) is 19.1 Å². The molecule has 0 aliphatic carbocycles. The Labute approximate surface area is 110 Å². The number of carboxylic acid groups (broad SMARTS) is 1. The third-order valence-corrected chi connectivity index (χ3v) is 3.04. The number of hydrogen-bond acceptors (Lipinski definition) is 4. The van der Waals surface area contributed by atoms with Crippen LogP contribution in [0, 0.1) is 6.92 Å². The van der Waals surface area contributed by atoms with Crippen LogP contribution in [0.25, 0.3) is 0 Å². The minimum Gasteiger partial charge on any atom is -0.478 e. The van der Waals surface area contributed by atoms with Gasteiger partial charge in [-0.3, -0.25) is 4.79 Å². The summed E-state index contributed by atoms with van der Waals surface area (Å²) in [6.45, 7) is 3.35. The lowest BCUT2D eigenvalue weighted by molar-refractivity contribution is -0.128. The maximum Gasteiger partial charge on any atom is 0.336 e. The summed E-state index contributed by atoms with van der Waals surface area (Å²) in [5.74, 6) is -1.28. The summed E-state index contributed by atoms with van der Waals surface area (Å²) in [5, 5.41) is 14.8. The molecule has 0 aromatic heterocycles. The van der Waals surface area contributed by atoms with Gasteiger partial charge in [0, 0.05) is 18.8 Å². The van der Waals surface area contributed by atoms with Gasteiger partial charge in [0.2, 0.25) is 0 Å². The number of aromatic carboxylic acids is 1. The van der Waals surface area contributed by atoms with Gasteiger partial charge in [0.15, 0.2) is 0 Å². The van der Waals surface area contributed by atoms with Crippen LogP contribution in [0.4, 0.5) is 5.69 Å². The van der Waals surface area contributed by atoms with E-state index in [9.17, 15) is 9.59 Å². The summed E-state index contributed by atoms with van der Waals surface area (Å²) >= 11 is 0. The molecular weight excluding hydrogens is 248 g/mol. The van der Waals surface area contributed by atoms with Gasteiger partial charge in [-0.1, -0.05) is 6.07 Å². The highest BCUT2D eigenvalue weighted by atomic mass is 16.5. The molecule has 102 valence electrons. The number of nitrogens with one attached hydrogen (secondary N) is 2. The Balaban J connectivity index is 2.12. The monoisotopic (exact) mass is 264 g/mol. The first kappa shape index (κ1) is 13.5. The van der Waals surface area contributed by atoms with Crippen molar-refractivity contribution in [1.29, 1.82) is 0 Å². The Morgan fingerprint density at radius 2 is 2.26 bits per heavy atom. The van der Waals surface area contributed by atoms with Gasteiger partial charge in [-0.05, 0) is 24.6 Å². The van der Waals surface area contributed by atoms with Crippen LogP contribution in [-0.2, 0) is 9.53 Å². The summed E-state index contributed by atoms with van der Waals surface area (Å²) in [7, 11) is 0. The van der Waals surface area contributed by atoms with Crippen LogP contribution in [0.3, 0.4) is 0 Å². The summed E-state index contributed by atoms with van der Waals surface area (Å²) in [6.07, 6.45) is -0.540. The number of carboxylic acids is 1. The number of ether oxygens (including phenoxy) is 1. The minimum atomic E-state index is -1.01. The minimum absolute atomic E-state index is 0.181. The zero-order valence-corrected chi connectivity index (χ0v) is 10.6. The molecule has 6 heteroatoms. The molecule has 0 spiro atoms. The highest BCUT2D eigenvalue weighted by Crippen LogP contribution is 2.19. The van der Waals surface area contributed by atoms with Gasteiger partial charge in [-0.25, -0.2) is 4.79 Å². The van der Waals surface area contributed by atoms with Crippen LogP contribution in [0.5, 0.6) is 0 Å². The third kappa shape index (κ3) is 3.10. The number of carbonyl (C=O) groups is 2. The molecule has 6 nitrogen and oxygen atoms in total. The van der Waals surface area contributed by atoms with Crippen LogP contribution >= 0.6 is 0 Å². The molecule has 0 bridgehead atoms. The van der Waals surface area contributed by atoms with E-state index in [0.29, 0.717) is 24.4 Å². The van der Waals surface area contributed by atoms with Crippen LogP contribution < -0.4 is 10.6 Å². The van der Waals surface area contributed by atoms with Crippen LogP contribution in [0.15, 0.2) is 18.2 Å². The molecule has 19 heavy (non-hydrogen) atoms. The highest BCUT2D eigenvalue weighted by Gasteiger charge is 2.22. The molecule has 1 amide bonds. The Morgan fingerprint density at radius 3 is 2.89 bits per heavy atom. The summed E-state index contributed by atoms with van der Waals surface area (Å²) in [5.41, 5.74) is 1.21. The number of benzene rings is 1. The normalized spacial score (nSPS) is 18.9. The summed E-state index contributed by atoms with van der Waals surface area (Å²) in [6, 6.07) is 4.79. The Hall–Kier alpha value is -1.92. The largest absolute Gasteiger partial charge is 0.478 e. The number of morpholine rings is 1. The molecule has 1 atom stereocenters. The average Bonchev–Trinajstić information content (AvgIpc) is 2.41. The van der Waals surface area contributed by atoms with Crippen LogP contribution in [0.1, 0.15) is 15.9 Å². The Kier molecular flexibility index (Phi) is 4.13. The van der Waals surface area contributed by atoms with Gasteiger partial charge in [-0.2, -0.15) is 0 Å². The first-order valence-electron chi connectivity index (χ1n) is 6.05. The van der Waals surface area contributed by atoms with Crippen molar-refractivity contribution in [2.45, 2.75) is 13.0 Å². The molecule has 3 N–H and O–H groups in total. The summed E-state index contributed by atoms with van der Waals surface area (Å²) < 4.78 is 5.34. The SMILES string of the molecule is Cc1c(NC(=O)C2CNCCO2)cccc1C(=O)O. The molecule has 1 aliphatic heterocycles. The predicted molar refractivity (Wildman–Crippen MR) is 69.4 cm³/mol. The maximum atomic E-state index is 12.0. The fourth-order valence-electron chi connectivity index (χ4n) is 1.95. The average molecular weight is 264 g/mol. The van der Waals surface area contributed by atoms with Gasteiger partial charge < -0.3 is 20.5 Å². The van der Waals surface area contributed by atoms with Crippen molar-refractivity contribution in [3.05, 3.63) is 29.3 Å². The van der Waals surface area contributed by atoms with Crippen molar-refractivity contribution < 1.29 is 19.4 Å². The standard InChI is InChI=1S/C13H16N2O4/c1-8-9(13(17)18)3-2-4-10(8)15-12(16)11-7-14-5-6-19-11/h2-4,11,14H,5-7H2,1H3,(H,15,16)(H,17,18). The van der Waals surface area contributed by atoms with Crippen molar-refractivity contribution in [3.63, 3.8) is 0 Å². The first-order chi connectivity index (χ1) is 9.09. The molecule has 1 aliphatic rings. The molecular formula is C13H16N2O4. The van der Waals surface area contributed by atoms with E-state index < -0.39 is 12.1 Å². The first-order valence-corrected chi connectivity index (χ1v) is 6.05. The molecule has 1 aromatic rings. The van der Waals surface area contributed by atoms with Crippen molar-refractivity contribution in [2.75, 3.05) is 25.0 Å². The number of amides is 1. The Morgan fingerprint density at radius 1 is 1.47 bits per heavy atom. The fourth-order valence-corrected chi connectivity index (χ4v) is 1.95. The lowest BCUT2D eigenvalue weighted by Crippen LogP contribution is -2.45. The molecule has 0 radical (unpaired) electrons. The van der Waals surface area contributed by atoms with Gasteiger partial charge in [0.1, 0.15) is 6.10 Å². The van der Waals surface area contributed by atoms with E-state index in [0.717, 1.165) is 6.54 Å². The molecule has 1 unspecified atom stereocenters. The fraction of sp³-hybridized carbons (Fsp3) is 0.385. The lowest BCUT2D eigenvalue weighted by Gasteiger charge is -2.23. The second kappa shape index (κ2) is 5.81. The van der Waals surface area contributed by atoms with Crippen molar-refractivity contribution in [1.82, 2.24) is 5.32 Å². The van der Waals surface area contributed by atoms with E-state index in [1.165, 1.54) is 6.07 Å². The molecule has 1 aromatic carbocycles. The van der Waals surface area contributed by atoms with Crippen LogP contribution in [-0.4, -0.2) is 42.8 Å². The zero-order valence-electron chi connectivity index (χ0n) is 10.6. The van der Waals surface area contributed by atoms with Gasteiger partial charge in [-0.15, -0.1) is 0 Å². The van der Waals surface area contributed by atoms with Gasteiger partial charge in [0.25, 0.3) is 5.91 Å². The zero-order chi connectivity index (χ0) is 13.8. The van der Waals surface area contributed by atoms with Gasteiger partial charge >= 0.3 is 5.97 Å². The van der Waals surface area contributed by atoms with E-state index in [-0.39, 0.29) is 11.5 Å². The number of rotatable bonds is 3. The predicted octanol–water partition coefficient (Wildman–Crippen LogP) is 0.620. The topological polar surface area (TPSA) is 87.7 Å². The van der Waals surface area contributed by atoms with Crippen molar-refractivity contribution in [3.8, 4) is 0 Å². The van der Waals surface area contributed by atoms with E-state index in [4.69, 9.17) is 9.84 Å².